The summed E-state index contributed by atoms with van der Waals surface area (Å²) in [6, 6.07) is 0. The molecule has 1 aliphatic heterocycles. The van der Waals surface area contributed by atoms with Gasteiger partial charge in [-0.25, -0.2) is 8.42 Å². The number of sulfone groups is 1. The lowest BCUT2D eigenvalue weighted by atomic mass is 10.3. The zero-order valence-corrected chi connectivity index (χ0v) is 6.20. The first-order valence-corrected chi connectivity index (χ1v) is 4.54. The third kappa shape index (κ3) is 1.23. The second kappa shape index (κ2) is 2.26. The number of nitro groups is 1. The van der Waals surface area contributed by atoms with E-state index in [1.807, 2.05) is 0 Å². The van der Waals surface area contributed by atoms with E-state index >= 15 is 0 Å². The molecule has 0 radical (unpaired) electrons. The van der Waals surface area contributed by atoms with Gasteiger partial charge in [0.15, 0.2) is 0 Å². The molecule has 1 saturated heterocycles. The smallest absolute Gasteiger partial charge is 0.291 e. The van der Waals surface area contributed by atoms with Gasteiger partial charge in [-0.05, 0) is 0 Å². The molecule has 0 saturated carbocycles. The third-order valence-corrected chi connectivity index (χ3v) is 3.33. The molecule has 1 atom stereocenters. The van der Waals surface area contributed by atoms with Gasteiger partial charge in [-0.1, -0.05) is 0 Å². The van der Waals surface area contributed by atoms with Gasteiger partial charge < -0.3 is 0 Å². The highest BCUT2D eigenvalue weighted by molar-refractivity contribution is 7.93. The Morgan fingerprint density at radius 2 is 2.09 bits per heavy atom. The van der Waals surface area contributed by atoms with Crippen molar-refractivity contribution in [3.05, 3.63) is 10.1 Å². The molecular weight excluding hydrogens is 174 g/mol. The molecule has 0 spiro atoms. The highest BCUT2D eigenvalue weighted by Gasteiger charge is 2.48. The Balaban J connectivity index is 3.09. The van der Waals surface area contributed by atoms with Crippen LogP contribution in [-0.2, 0) is 14.6 Å². The van der Waals surface area contributed by atoms with Crippen molar-refractivity contribution < 1.29 is 18.1 Å². The lowest BCUT2D eigenvalue weighted by Gasteiger charge is -1.96. The highest BCUT2D eigenvalue weighted by atomic mass is 32.2. The minimum absolute atomic E-state index is 0.228. The molecule has 0 unspecified atom stereocenters. The zero-order chi connectivity index (χ0) is 8.65. The van der Waals surface area contributed by atoms with Gasteiger partial charge in [0.25, 0.3) is 0 Å². The van der Waals surface area contributed by atoms with Crippen LogP contribution in [0.25, 0.3) is 0 Å². The van der Waals surface area contributed by atoms with Crippen molar-refractivity contribution in [2.75, 3.05) is 5.75 Å². The van der Waals surface area contributed by atoms with Crippen LogP contribution < -0.4 is 0 Å². The van der Waals surface area contributed by atoms with Crippen LogP contribution in [0.5, 0.6) is 0 Å². The molecule has 0 aromatic carbocycles. The van der Waals surface area contributed by atoms with Gasteiger partial charge in [-0.3, -0.25) is 14.9 Å². The minimum atomic E-state index is -3.78. The molecule has 1 fully saturated rings. The summed E-state index contributed by atoms with van der Waals surface area (Å²) < 4.78 is 21.5. The van der Waals surface area contributed by atoms with Crippen molar-refractivity contribution in [3.63, 3.8) is 0 Å². The molecule has 6 nitrogen and oxygen atoms in total. The quantitative estimate of drug-likeness (QED) is 0.379. The topological polar surface area (TPSA) is 94.3 Å². The van der Waals surface area contributed by atoms with E-state index in [0.717, 1.165) is 0 Å². The van der Waals surface area contributed by atoms with Gasteiger partial charge >= 0.3 is 5.37 Å². The van der Waals surface area contributed by atoms with Gasteiger partial charge in [-0.2, -0.15) is 0 Å². The molecule has 1 rings (SSSR count). The average Bonchev–Trinajstić information content (AvgIpc) is 2.06. The molecule has 0 aliphatic carbocycles. The van der Waals surface area contributed by atoms with E-state index in [1.54, 1.807) is 0 Å². The third-order valence-electron chi connectivity index (χ3n) is 1.44. The summed E-state index contributed by atoms with van der Waals surface area (Å²) in [5.74, 6) is -1.20. The standard InChI is InChI=1S/C4H5NO5S/c6-3-1-2-11(9,10)4(3)5(7)8/h4H,1-2H2/t4-/m0/s1. The second-order valence-electron chi connectivity index (χ2n) is 2.22. The lowest BCUT2D eigenvalue weighted by molar-refractivity contribution is -0.482. The maximum atomic E-state index is 10.8. The molecule has 0 bridgehead atoms. The Morgan fingerprint density at radius 1 is 1.55 bits per heavy atom. The molecule has 0 aromatic rings. The Labute approximate surface area is 62.3 Å². The first kappa shape index (κ1) is 8.12. The number of hydrogen-bond acceptors (Lipinski definition) is 5. The van der Waals surface area contributed by atoms with Crippen LogP contribution in [0.3, 0.4) is 0 Å². The zero-order valence-electron chi connectivity index (χ0n) is 5.39. The first-order valence-electron chi connectivity index (χ1n) is 2.83. The van der Waals surface area contributed by atoms with E-state index in [1.165, 1.54) is 0 Å². The van der Waals surface area contributed by atoms with Crippen LogP contribution in [-0.4, -0.2) is 30.3 Å². The van der Waals surface area contributed by atoms with Crippen molar-refractivity contribution in [3.8, 4) is 0 Å². The van der Waals surface area contributed by atoms with Gasteiger partial charge in [0.1, 0.15) is 0 Å². The lowest BCUT2D eigenvalue weighted by Crippen LogP contribution is -2.30. The average molecular weight is 179 g/mol. The van der Waals surface area contributed by atoms with Crippen molar-refractivity contribution in [1.29, 1.82) is 0 Å². The van der Waals surface area contributed by atoms with E-state index in [4.69, 9.17) is 0 Å². The van der Waals surface area contributed by atoms with Crippen molar-refractivity contribution in [1.82, 2.24) is 0 Å². The molecule has 0 aromatic heterocycles. The number of carbonyl (C=O) groups is 1. The molecule has 1 heterocycles. The molecule has 62 valence electrons. The molecule has 0 N–H and O–H groups in total. The predicted octanol–water partition coefficient (Wildman–Crippen LogP) is -1.02. The van der Waals surface area contributed by atoms with Crippen LogP contribution in [0.15, 0.2) is 0 Å². The van der Waals surface area contributed by atoms with Crippen LogP contribution in [0.2, 0.25) is 0 Å². The molecule has 7 heteroatoms. The summed E-state index contributed by atoms with van der Waals surface area (Å²) in [4.78, 5) is 19.6. The fraction of sp³-hybridized carbons (Fsp3) is 0.750. The summed E-state index contributed by atoms with van der Waals surface area (Å²) >= 11 is 0. The molecular formula is C4H5NO5S. The Kier molecular flexibility index (Phi) is 1.67. The summed E-state index contributed by atoms with van der Waals surface area (Å²) in [5.41, 5.74) is 0. The number of Topliss-reactive ketones (excluding diaryl/α,β-unsaturated/α-hetero) is 1. The van der Waals surface area contributed by atoms with Crippen LogP contribution in [0.4, 0.5) is 0 Å². The molecule has 1 aliphatic rings. The van der Waals surface area contributed by atoms with Gasteiger partial charge in [0.05, 0.1) is 5.75 Å². The number of hydrogen-bond donors (Lipinski definition) is 0. The van der Waals surface area contributed by atoms with Crippen molar-refractivity contribution >= 4 is 15.6 Å². The predicted molar refractivity (Wildman–Crippen MR) is 34.2 cm³/mol. The van der Waals surface area contributed by atoms with Crippen LogP contribution in [0.1, 0.15) is 6.42 Å². The van der Waals surface area contributed by atoms with E-state index < -0.39 is 31.7 Å². The normalized spacial score (nSPS) is 28.7. The number of rotatable bonds is 1. The van der Waals surface area contributed by atoms with Crippen LogP contribution in [0, 0.1) is 10.1 Å². The van der Waals surface area contributed by atoms with E-state index in [2.05, 4.69) is 0 Å². The SMILES string of the molecule is O=C1CCS(=O)(=O)[C@@H]1[N+](=O)[O-]. The Hall–Kier alpha value is -0.980. The summed E-state index contributed by atoms with van der Waals surface area (Å²) in [7, 11) is -3.78. The molecule has 0 amide bonds. The van der Waals surface area contributed by atoms with Gasteiger partial charge in [0.2, 0.25) is 15.6 Å². The fourth-order valence-electron chi connectivity index (χ4n) is 0.927. The van der Waals surface area contributed by atoms with E-state index in [0.29, 0.717) is 0 Å². The second-order valence-corrected chi connectivity index (χ2v) is 4.40. The number of ketones is 1. The van der Waals surface area contributed by atoms with Crippen molar-refractivity contribution in [2.24, 2.45) is 0 Å². The minimum Gasteiger partial charge on any atom is -0.291 e. The Bertz CT molecular complexity index is 304. The first-order chi connectivity index (χ1) is 4.95. The largest absolute Gasteiger partial charge is 0.367 e. The van der Waals surface area contributed by atoms with Gasteiger partial charge in [-0.15, -0.1) is 0 Å². The maximum Gasteiger partial charge on any atom is 0.367 e. The monoisotopic (exact) mass is 179 g/mol. The summed E-state index contributed by atoms with van der Waals surface area (Å²) in [5, 5.41) is 8.04. The Morgan fingerprint density at radius 3 is 2.27 bits per heavy atom. The van der Waals surface area contributed by atoms with E-state index in [9.17, 15) is 23.3 Å². The van der Waals surface area contributed by atoms with Crippen molar-refractivity contribution in [2.45, 2.75) is 11.8 Å². The molecule has 11 heavy (non-hydrogen) atoms. The highest BCUT2D eigenvalue weighted by Crippen LogP contribution is 2.16. The summed E-state index contributed by atoms with van der Waals surface area (Å²) in [6.45, 7) is 0. The number of carbonyl (C=O) groups excluding carboxylic acids is 1. The summed E-state index contributed by atoms with van der Waals surface area (Å²) in [6.07, 6.45) is -0.228. The maximum absolute atomic E-state index is 10.8. The van der Waals surface area contributed by atoms with Gasteiger partial charge in [0, 0.05) is 11.3 Å². The fourth-order valence-corrected chi connectivity index (χ4v) is 2.42. The van der Waals surface area contributed by atoms with E-state index in [-0.39, 0.29) is 6.42 Å². The number of nitrogens with zero attached hydrogens (tertiary/aromatic N) is 1. The van der Waals surface area contributed by atoms with Crippen LogP contribution >= 0.6 is 0 Å².